The molecule has 2 aliphatic rings. The van der Waals surface area contributed by atoms with E-state index in [0.29, 0.717) is 18.7 Å². The number of anilines is 1. The highest BCUT2D eigenvalue weighted by molar-refractivity contribution is 6.50. The Hall–Kier alpha value is -2.17. The minimum atomic E-state index is -1.00. The summed E-state index contributed by atoms with van der Waals surface area (Å²) >= 11 is 0. The topological polar surface area (TPSA) is 70.6 Å². The third-order valence-electron chi connectivity index (χ3n) is 6.37. The molecule has 0 saturated heterocycles. The molecule has 0 heterocycles. The molecular weight excluding hydrogens is 302 g/mol. The van der Waals surface area contributed by atoms with E-state index in [9.17, 15) is 9.59 Å². The van der Waals surface area contributed by atoms with Gasteiger partial charge in [-0.1, -0.05) is 39.0 Å². The number of benzene rings is 1. The number of rotatable bonds is 4. The van der Waals surface area contributed by atoms with Crippen LogP contribution in [0.1, 0.15) is 40.5 Å². The van der Waals surface area contributed by atoms with Crippen LogP contribution in [0.4, 0.5) is 5.69 Å². The molecule has 1 aromatic carbocycles. The molecule has 2 bridgehead atoms. The van der Waals surface area contributed by atoms with Crippen LogP contribution in [0.2, 0.25) is 0 Å². The lowest BCUT2D eigenvalue weighted by Gasteiger charge is -2.37. The number of carbonyl (C=O) groups is 2. The van der Waals surface area contributed by atoms with Crippen LogP contribution in [-0.2, 0) is 9.59 Å². The molecule has 0 aliphatic heterocycles. The number of hydrogen-bond acceptors (Lipinski definition) is 4. The van der Waals surface area contributed by atoms with E-state index in [-0.39, 0.29) is 11.7 Å². The smallest absolute Gasteiger partial charge is 0.234 e. The predicted molar refractivity (Wildman–Crippen MR) is 94.7 cm³/mol. The fourth-order valence-electron chi connectivity index (χ4n) is 4.42. The summed E-state index contributed by atoms with van der Waals surface area (Å²) in [6.45, 7) is 8.51. The molecule has 1 aromatic rings. The first-order chi connectivity index (χ1) is 11.3. The maximum absolute atomic E-state index is 13.2. The van der Waals surface area contributed by atoms with Gasteiger partial charge in [0.2, 0.25) is 5.91 Å². The first-order valence-corrected chi connectivity index (χ1v) is 8.53. The summed E-state index contributed by atoms with van der Waals surface area (Å²) < 4.78 is 0. The van der Waals surface area contributed by atoms with Gasteiger partial charge in [-0.15, -0.1) is 0 Å². The lowest BCUT2D eigenvalue weighted by Crippen LogP contribution is -2.50. The SMILES string of the molecule is CCNC(=O)C12CCC(C)(C(=NNc3ccccc3)C1=O)C2(C)C. The molecule has 2 fully saturated rings. The summed E-state index contributed by atoms with van der Waals surface area (Å²) in [4.78, 5) is 26.0. The van der Waals surface area contributed by atoms with Gasteiger partial charge in [0, 0.05) is 12.0 Å². The number of carbonyl (C=O) groups excluding carboxylic acids is 2. The van der Waals surface area contributed by atoms with E-state index in [1.54, 1.807) is 0 Å². The summed E-state index contributed by atoms with van der Waals surface area (Å²) in [5.74, 6) is -0.288. The first-order valence-electron chi connectivity index (χ1n) is 8.53. The molecule has 24 heavy (non-hydrogen) atoms. The van der Waals surface area contributed by atoms with E-state index in [1.165, 1.54) is 0 Å². The molecule has 3 rings (SSSR count). The average molecular weight is 327 g/mol. The van der Waals surface area contributed by atoms with Crippen molar-refractivity contribution >= 4 is 23.1 Å². The molecule has 2 saturated carbocycles. The molecule has 5 nitrogen and oxygen atoms in total. The highest BCUT2D eigenvalue weighted by Gasteiger charge is 2.76. The Bertz CT molecular complexity index is 711. The van der Waals surface area contributed by atoms with Crippen LogP contribution in [0.3, 0.4) is 0 Å². The normalized spacial score (nSPS) is 32.2. The lowest BCUT2D eigenvalue weighted by atomic mass is 9.64. The number of ketones is 1. The first kappa shape index (κ1) is 16.7. The molecule has 2 atom stereocenters. The summed E-state index contributed by atoms with van der Waals surface area (Å²) in [7, 11) is 0. The van der Waals surface area contributed by atoms with Crippen LogP contribution in [0.5, 0.6) is 0 Å². The van der Waals surface area contributed by atoms with Crippen molar-refractivity contribution in [3.63, 3.8) is 0 Å². The Kier molecular flexibility index (Phi) is 3.78. The molecule has 0 spiro atoms. The molecule has 2 unspecified atom stereocenters. The van der Waals surface area contributed by atoms with Gasteiger partial charge in [0.05, 0.1) is 5.69 Å². The number of Topliss-reactive ketones (excluding diaryl/α,β-unsaturated/α-hetero) is 1. The summed E-state index contributed by atoms with van der Waals surface area (Å²) in [5.41, 5.74) is 2.43. The molecule has 1 amide bonds. The molecule has 0 radical (unpaired) electrons. The standard InChI is InChI=1S/C19H25N3O2/c1-5-20-16(24)19-12-11-18(4,17(19,2)3)14(15(19)23)22-21-13-9-7-6-8-10-13/h6-10,21H,5,11-12H2,1-4H3,(H,20,24). The summed E-state index contributed by atoms with van der Waals surface area (Å²) in [6.07, 6.45) is 1.38. The Balaban J connectivity index is 2.02. The van der Waals surface area contributed by atoms with Crippen molar-refractivity contribution in [3.8, 4) is 0 Å². The molecule has 2 aliphatic carbocycles. The highest BCUT2D eigenvalue weighted by atomic mass is 16.2. The monoisotopic (exact) mass is 327 g/mol. The number of hydrazone groups is 1. The van der Waals surface area contributed by atoms with Gasteiger partial charge < -0.3 is 5.32 Å². The maximum Gasteiger partial charge on any atom is 0.234 e. The van der Waals surface area contributed by atoms with Crippen LogP contribution in [0.15, 0.2) is 35.4 Å². The third-order valence-corrected chi connectivity index (χ3v) is 6.37. The maximum atomic E-state index is 13.2. The second-order valence-electron chi connectivity index (χ2n) is 7.49. The number of nitrogens with zero attached hydrogens (tertiary/aromatic N) is 1. The predicted octanol–water partition coefficient (Wildman–Crippen LogP) is 2.99. The molecule has 5 heteroatoms. The Labute approximate surface area is 142 Å². The number of amides is 1. The number of hydrogen-bond donors (Lipinski definition) is 2. The molecule has 2 N–H and O–H groups in total. The lowest BCUT2D eigenvalue weighted by molar-refractivity contribution is -0.143. The zero-order valence-corrected chi connectivity index (χ0v) is 14.8. The van der Waals surface area contributed by atoms with Crippen LogP contribution in [-0.4, -0.2) is 23.9 Å². The van der Waals surface area contributed by atoms with Gasteiger partial charge >= 0.3 is 0 Å². The number of para-hydroxylation sites is 1. The van der Waals surface area contributed by atoms with Crippen molar-refractivity contribution in [1.29, 1.82) is 0 Å². The van der Waals surface area contributed by atoms with E-state index in [4.69, 9.17) is 0 Å². The average Bonchev–Trinajstić information content (AvgIpc) is 2.83. The molecular formula is C19H25N3O2. The van der Waals surface area contributed by atoms with Crippen LogP contribution in [0.25, 0.3) is 0 Å². The molecule has 128 valence electrons. The van der Waals surface area contributed by atoms with Gasteiger partial charge in [0.25, 0.3) is 0 Å². The van der Waals surface area contributed by atoms with Gasteiger partial charge in [-0.2, -0.15) is 5.10 Å². The fourth-order valence-corrected chi connectivity index (χ4v) is 4.42. The Morgan fingerprint density at radius 1 is 1.17 bits per heavy atom. The van der Waals surface area contributed by atoms with E-state index in [2.05, 4.69) is 22.8 Å². The van der Waals surface area contributed by atoms with Crippen molar-refractivity contribution in [2.75, 3.05) is 12.0 Å². The van der Waals surface area contributed by atoms with Gasteiger partial charge in [0.1, 0.15) is 11.1 Å². The quantitative estimate of drug-likeness (QED) is 0.660. The zero-order chi connectivity index (χ0) is 17.6. The third kappa shape index (κ3) is 1.90. The van der Waals surface area contributed by atoms with Crippen molar-refractivity contribution in [3.05, 3.63) is 30.3 Å². The van der Waals surface area contributed by atoms with E-state index in [1.807, 2.05) is 51.1 Å². The van der Waals surface area contributed by atoms with Gasteiger partial charge in [-0.3, -0.25) is 15.0 Å². The minimum Gasteiger partial charge on any atom is -0.355 e. The van der Waals surface area contributed by atoms with Gasteiger partial charge in [-0.25, -0.2) is 0 Å². The van der Waals surface area contributed by atoms with Gasteiger partial charge in [-0.05, 0) is 37.3 Å². The summed E-state index contributed by atoms with van der Waals surface area (Å²) in [5, 5.41) is 7.32. The largest absolute Gasteiger partial charge is 0.355 e. The second-order valence-corrected chi connectivity index (χ2v) is 7.49. The van der Waals surface area contributed by atoms with Crippen LogP contribution in [0, 0.1) is 16.2 Å². The van der Waals surface area contributed by atoms with Crippen molar-refractivity contribution in [2.45, 2.75) is 40.5 Å². The molecule has 0 aromatic heterocycles. The van der Waals surface area contributed by atoms with Crippen molar-refractivity contribution in [1.82, 2.24) is 5.32 Å². The Morgan fingerprint density at radius 2 is 1.83 bits per heavy atom. The van der Waals surface area contributed by atoms with E-state index >= 15 is 0 Å². The van der Waals surface area contributed by atoms with Crippen LogP contribution < -0.4 is 10.7 Å². The summed E-state index contributed by atoms with van der Waals surface area (Å²) in [6, 6.07) is 9.54. The van der Waals surface area contributed by atoms with Crippen molar-refractivity contribution in [2.24, 2.45) is 21.3 Å². The van der Waals surface area contributed by atoms with Crippen molar-refractivity contribution < 1.29 is 9.59 Å². The zero-order valence-electron chi connectivity index (χ0n) is 14.8. The number of nitrogens with one attached hydrogen (secondary N) is 2. The van der Waals surface area contributed by atoms with Gasteiger partial charge in [0.15, 0.2) is 5.78 Å². The van der Waals surface area contributed by atoms with E-state index < -0.39 is 16.2 Å². The van der Waals surface area contributed by atoms with E-state index in [0.717, 1.165) is 12.1 Å². The Morgan fingerprint density at radius 3 is 2.46 bits per heavy atom. The fraction of sp³-hybridized carbons (Fsp3) is 0.526. The van der Waals surface area contributed by atoms with Crippen LogP contribution >= 0.6 is 0 Å². The highest BCUT2D eigenvalue weighted by Crippen LogP contribution is 2.69. The minimum absolute atomic E-state index is 0.129. The number of fused-ring (bicyclic) bond motifs is 2. The second kappa shape index (κ2) is 5.43.